The number of hydrogen-bond donors (Lipinski definition) is 1. The van der Waals surface area contributed by atoms with Gasteiger partial charge in [0.05, 0.1) is 5.69 Å². The Bertz CT molecular complexity index is 440. The quantitative estimate of drug-likeness (QED) is 0.879. The molecule has 0 aliphatic carbocycles. The van der Waals surface area contributed by atoms with E-state index in [-0.39, 0.29) is 0 Å². The number of fused-ring (bicyclic) bond motifs is 1. The molecule has 0 amide bonds. The van der Waals surface area contributed by atoms with E-state index in [9.17, 15) is 4.21 Å². The molecule has 0 aromatic carbocycles. The van der Waals surface area contributed by atoms with Crippen molar-refractivity contribution in [1.82, 2.24) is 14.9 Å². The summed E-state index contributed by atoms with van der Waals surface area (Å²) in [5.74, 6) is 3.06. The van der Waals surface area contributed by atoms with Gasteiger partial charge in [0.25, 0.3) is 0 Å². The third kappa shape index (κ3) is 2.83. The molecular formula is C13H23N3OS. The Hall–Kier alpha value is -0.680. The molecule has 0 spiro atoms. The number of rotatable bonds is 5. The van der Waals surface area contributed by atoms with Crippen LogP contribution < -0.4 is 5.32 Å². The van der Waals surface area contributed by atoms with Crippen molar-refractivity contribution in [3.8, 4) is 0 Å². The van der Waals surface area contributed by atoms with Crippen LogP contribution in [-0.2, 0) is 30.3 Å². The van der Waals surface area contributed by atoms with Crippen molar-refractivity contribution in [2.24, 2.45) is 0 Å². The molecule has 2 rings (SSSR count). The van der Waals surface area contributed by atoms with E-state index in [2.05, 4.69) is 23.7 Å². The monoisotopic (exact) mass is 269 g/mol. The SMILES string of the molecule is CCS(=O)CCn1c(C(C)C)nc2c1CCNC2. The molecule has 1 aliphatic heterocycles. The fourth-order valence-corrected chi connectivity index (χ4v) is 3.09. The van der Waals surface area contributed by atoms with Crippen LogP contribution in [0.4, 0.5) is 0 Å². The van der Waals surface area contributed by atoms with E-state index in [0.717, 1.165) is 43.4 Å². The second-order valence-electron chi connectivity index (χ2n) is 5.03. The van der Waals surface area contributed by atoms with Crippen molar-refractivity contribution in [1.29, 1.82) is 0 Å². The number of nitrogens with one attached hydrogen (secondary N) is 1. The van der Waals surface area contributed by atoms with Crippen molar-refractivity contribution < 1.29 is 4.21 Å². The molecule has 18 heavy (non-hydrogen) atoms. The molecule has 1 aromatic rings. The minimum Gasteiger partial charge on any atom is -0.331 e. The Morgan fingerprint density at radius 1 is 1.50 bits per heavy atom. The van der Waals surface area contributed by atoms with Gasteiger partial charge in [-0.2, -0.15) is 0 Å². The highest BCUT2D eigenvalue weighted by molar-refractivity contribution is 7.84. The van der Waals surface area contributed by atoms with Gasteiger partial charge in [0.15, 0.2) is 0 Å². The molecule has 1 unspecified atom stereocenters. The van der Waals surface area contributed by atoms with Gasteiger partial charge in [-0.05, 0) is 0 Å². The third-order valence-corrected chi connectivity index (χ3v) is 4.68. The van der Waals surface area contributed by atoms with Gasteiger partial charge in [-0.3, -0.25) is 4.21 Å². The van der Waals surface area contributed by atoms with Crippen molar-refractivity contribution in [3.05, 3.63) is 17.2 Å². The first kappa shape index (κ1) is 13.7. The molecule has 5 heteroatoms. The predicted octanol–water partition coefficient (Wildman–Crippen LogP) is 1.42. The van der Waals surface area contributed by atoms with E-state index in [1.165, 1.54) is 11.4 Å². The lowest BCUT2D eigenvalue weighted by atomic mass is 10.2. The van der Waals surface area contributed by atoms with Crippen LogP contribution in [0, 0.1) is 0 Å². The zero-order valence-corrected chi connectivity index (χ0v) is 12.3. The lowest BCUT2D eigenvalue weighted by Gasteiger charge is -2.16. The fraction of sp³-hybridized carbons (Fsp3) is 0.769. The lowest BCUT2D eigenvalue weighted by molar-refractivity contribution is 0.584. The smallest absolute Gasteiger partial charge is 0.111 e. The van der Waals surface area contributed by atoms with Crippen molar-refractivity contribution in [2.75, 3.05) is 18.1 Å². The fourth-order valence-electron chi connectivity index (χ4n) is 2.42. The average Bonchev–Trinajstić information content (AvgIpc) is 2.75. The molecule has 1 aliphatic rings. The van der Waals surface area contributed by atoms with Crippen LogP contribution in [-0.4, -0.2) is 31.8 Å². The molecule has 1 N–H and O–H groups in total. The van der Waals surface area contributed by atoms with Gasteiger partial charge in [0.1, 0.15) is 5.82 Å². The van der Waals surface area contributed by atoms with Gasteiger partial charge in [-0.1, -0.05) is 20.8 Å². The van der Waals surface area contributed by atoms with E-state index < -0.39 is 10.8 Å². The van der Waals surface area contributed by atoms with Gasteiger partial charge in [0, 0.05) is 60.0 Å². The third-order valence-electron chi connectivity index (χ3n) is 3.40. The zero-order chi connectivity index (χ0) is 13.1. The average molecular weight is 269 g/mol. The molecular weight excluding hydrogens is 246 g/mol. The van der Waals surface area contributed by atoms with Gasteiger partial charge in [0.2, 0.25) is 0 Å². The van der Waals surface area contributed by atoms with E-state index >= 15 is 0 Å². The topological polar surface area (TPSA) is 46.9 Å². The van der Waals surface area contributed by atoms with Gasteiger partial charge < -0.3 is 9.88 Å². The molecule has 0 radical (unpaired) electrons. The van der Waals surface area contributed by atoms with Crippen LogP contribution in [0.2, 0.25) is 0 Å². The van der Waals surface area contributed by atoms with Crippen LogP contribution in [0.1, 0.15) is 43.9 Å². The maximum Gasteiger partial charge on any atom is 0.111 e. The summed E-state index contributed by atoms with van der Waals surface area (Å²) in [4.78, 5) is 4.76. The predicted molar refractivity (Wildman–Crippen MR) is 75.3 cm³/mol. The van der Waals surface area contributed by atoms with Gasteiger partial charge in [-0.25, -0.2) is 4.98 Å². The minimum atomic E-state index is -0.698. The van der Waals surface area contributed by atoms with E-state index in [1.54, 1.807) is 0 Å². The molecule has 1 aromatic heterocycles. The molecule has 102 valence electrons. The summed E-state index contributed by atoms with van der Waals surface area (Å²) in [7, 11) is -0.698. The van der Waals surface area contributed by atoms with Gasteiger partial charge in [-0.15, -0.1) is 0 Å². The van der Waals surface area contributed by atoms with Gasteiger partial charge >= 0.3 is 0 Å². The summed E-state index contributed by atoms with van der Waals surface area (Å²) >= 11 is 0. The first-order chi connectivity index (χ1) is 8.63. The maximum atomic E-state index is 11.6. The summed E-state index contributed by atoms with van der Waals surface area (Å²) in [6.07, 6.45) is 1.04. The summed E-state index contributed by atoms with van der Waals surface area (Å²) in [5.41, 5.74) is 2.54. The van der Waals surface area contributed by atoms with E-state index in [0.29, 0.717) is 5.92 Å². The highest BCUT2D eigenvalue weighted by Gasteiger charge is 2.21. The number of hydrogen-bond acceptors (Lipinski definition) is 3. The normalized spacial score (nSPS) is 16.9. The van der Waals surface area contributed by atoms with Crippen LogP contribution in [0.15, 0.2) is 0 Å². The highest BCUT2D eigenvalue weighted by atomic mass is 32.2. The Morgan fingerprint density at radius 2 is 2.28 bits per heavy atom. The van der Waals surface area contributed by atoms with Crippen LogP contribution in [0.25, 0.3) is 0 Å². The summed E-state index contributed by atoms with van der Waals surface area (Å²) < 4.78 is 13.9. The van der Waals surface area contributed by atoms with Crippen LogP contribution in [0.3, 0.4) is 0 Å². The lowest BCUT2D eigenvalue weighted by Crippen LogP contribution is -2.25. The van der Waals surface area contributed by atoms with Crippen molar-refractivity contribution >= 4 is 10.8 Å². The Kier molecular flexibility index (Phi) is 4.56. The van der Waals surface area contributed by atoms with Crippen LogP contribution >= 0.6 is 0 Å². The summed E-state index contributed by atoms with van der Waals surface area (Å²) in [5, 5.41) is 3.36. The second-order valence-corrected chi connectivity index (χ2v) is 6.89. The van der Waals surface area contributed by atoms with Crippen LogP contribution in [0.5, 0.6) is 0 Å². The highest BCUT2D eigenvalue weighted by Crippen LogP contribution is 2.21. The molecule has 0 saturated carbocycles. The molecule has 1 atom stereocenters. The Labute approximate surface area is 112 Å². The first-order valence-corrected chi connectivity index (χ1v) is 8.26. The number of imidazole rings is 1. The van der Waals surface area contributed by atoms with Crippen molar-refractivity contribution in [3.63, 3.8) is 0 Å². The molecule has 0 fully saturated rings. The molecule has 4 nitrogen and oxygen atoms in total. The Morgan fingerprint density at radius 3 is 2.94 bits per heavy atom. The molecule has 0 saturated heterocycles. The summed E-state index contributed by atoms with van der Waals surface area (Å²) in [6, 6.07) is 0. The largest absolute Gasteiger partial charge is 0.331 e. The van der Waals surface area contributed by atoms with Crippen molar-refractivity contribution in [2.45, 2.75) is 46.2 Å². The minimum absolute atomic E-state index is 0.422. The standard InChI is InChI=1S/C13H23N3OS/c1-4-18(17)8-7-16-12-5-6-14-9-11(12)15-13(16)10(2)3/h10,14H,4-9H2,1-3H3. The summed E-state index contributed by atoms with van der Waals surface area (Å²) in [6.45, 7) is 9.07. The molecule has 0 bridgehead atoms. The van der Waals surface area contributed by atoms with E-state index in [4.69, 9.17) is 4.98 Å². The second kappa shape index (κ2) is 5.97. The number of aromatic nitrogens is 2. The van der Waals surface area contributed by atoms with E-state index in [1.807, 2.05) is 6.92 Å². The zero-order valence-electron chi connectivity index (χ0n) is 11.5. The molecule has 2 heterocycles. The number of nitrogens with zero attached hydrogens (tertiary/aromatic N) is 2. The Balaban J connectivity index is 2.25. The maximum absolute atomic E-state index is 11.6. The first-order valence-electron chi connectivity index (χ1n) is 6.77.